The van der Waals surface area contributed by atoms with Crippen LogP contribution >= 0.6 is 15.9 Å². The van der Waals surface area contributed by atoms with Gasteiger partial charge in [0, 0.05) is 30.8 Å². The van der Waals surface area contributed by atoms with Gasteiger partial charge in [-0.25, -0.2) is 4.68 Å². The number of benzene rings is 1. The fourth-order valence-corrected chi connectivity index (χ4v) is 2.58. The van der Waals surface area contributed by atoms with Gasteiger partial charge in [-0.1, -0.05) is 0 Å². The first-order valence-corrected chi connectivity index (χ1v) is 7.04. The van der Waals surface area contributed by atoms with E-state index in [4.69, 9.17) is 6.42 Å². The molecule has 2 heterocycles. The Morgan fingerprint density at radius 1 is 1.30 bits per heavy atom. The molecule has 1 fully saturated rings. The van der Waals surface area contributed by atoms with E-state index in [1.54, 1.807) is 15.8 Å². The fraction of sp³-hybridized carbons (Fsp3) is 0.200. The quantitative estimate of drug-likeness (QED) is 0.794. The van der Waals surface area contributed by atoms with Crippen LogP contribution in [0.3, 0.4) is 0 Å². The molecule has 5 heteroatoms. The maximum absolute atomic E-state index is 11.9. The summed E-state index contributed by atoms with van der Waals surface area (Å²) in [4.78, 5) is 13.7. The number of carbonyl (C=O) groups is 1. The van der Waals surface area contributed by atoms with Gasteiger partial charge in [-0.3, -0.25) is 4.79 Å². The number of aromatic nitrogens is 2. The second-order valence-corrected chi connectivity index (χ2v) is 5.61. The lowest BCUT2D eigenvalue weighted by Gasteiger charge is -2.16. The van der Waals surface area contributed by atoms with Crippen LogP contribution in [-0.4, -0.2) is 22.2 Å². The molecule has 20 heavy (non-hydrogen) atoms. The van der Waals surface area contributed by atoms with Crippen molar-refractivity contribution in [3.63, 3.8) is 0 Å². The average molecular weight is 330 g/mol. The van der Waals surface area contributed by atoms with Crippen molar-refractivity contribution in [3.8, 4) is 18.0 Å². The third-order valence-corrected chi connectivity index (χ3v) is 3.75. The van der Waals surface area contributed by atoms with Gasteiger partial charge in [-0.2, -0.15) is 5.10 Å². The number of halogens is 1. The van der Waals surface area contributed by atoms with Crippen LogP contribution < -0.4 is 4.90 Å². The standard InChI is InChI=1S/C15H12BrN3O/c1-2-11-7-15(20)18(9-11)13-3-5-14(6-4-13)19-10-12(16)8-17-19/h1,3-6,8,10-11H,7,9H2. The van der Waals surface area contributed by atoms with Crippen molar-refractivity contribution in [1.82, 2.24) is 9.78 Å². The minimum atomic E-state index is 0.0178. The lowest BCUT2D eigenvalue weighted by molar-refractivity contribution is -0.117. The molecule has 2 aromatic rings. The lowest BCUT2D eigenvalue weighted by Crippen LogP contribution is -2.24. The van der Waals surface area contributed by atoms with Crippen molar-refractivity contribution in [2.24, 2.45) is 5.92 Å². The van der Waals surface area contributed by atoms with E-state index in [1.165, 1.54) is 0 Å². The zero-order valence-electron chi connectivity index (χ0n) is 10.7. The Morgan fingerprint density at radius 2 is 2.00 bits per heavy atom. The highest BCUT2D eigenvalue weighted by Gasteiger charge is 2.29. The number of hydrogen-bond acceptors (Lipinski definition) is 2. The minimum absolute atomic E-state index is 0.0178. The van der Waals surface area contributed by atoms with Crippen LogP contribution in [0.2, 0.25) is 0 Å². The smallest absolute Gasteiger partial charge is 0.228 e. The van der Waals surface area contributed by atoms with Gasteiger partial charge in [0.2, 0.25) is 5.91 Å². The Labute approximate surface area is 125 Å². The van der Waals surface area contributed by atoms with Gasteiger partial charge >= 0.3 is 0 Å². The van der Waals surface area contributed by atoms with Crippen molar-refractivity contribution in [3.05, 3.63) is 41.1 Å². The molecule has 1 amide bonds. The Bertz CT molecular complexity index is 684. The number of terminal acetylenes is 1. The maximum atomic E-state index is 11.9. The largest absolute Gasteiger partial charge is 0.311 e. The van der Waals surface area contributed by atoms with Crippen molar-refractivity contribution in [2.45, 2.75) is 6.42 Å². The van der Waals surface area contributed by atoms with E-state index in [9.17, 15) is 4.79 Å². The van der Waals surface area contributed by atoms with Crippen molar-refractivity contribution < 1.29 is 4.79 Å². The normalized spacial score (nSPS) is 18.3. The van der Waals surface area contributed by atoms with Crippen molar-refractivity contribution in [2.75, 3.05) is 11.4 Å². The minimum Gasteiger partial charge on any atom is -0.311 e. The zero-order chi connectivity index (χ0) is 14.1. The molecule has 0 bridgehead atoms. The summed E-state index contributed by atoms with van der Waals surface area (Å²) >= 11 is 3.37. The molecule has 0 radical (unpaired) electrons. The SMILES string of the molecule is C#CC1CC(=O)N(c2ccc(-n3cc(Br)cn3)cc2)C1. The highest BCUT2D eigenvalue weighted by Crippen LogP contribution is 2.25. The van der Waals surface area contributed by atoms with Crippen LogP contribution in [0.4, 0.5) is 5.69 Å². The Balaban J connectivity index is 1.83. The predicted molar refractivity (Wildman–Crippen MR) is 80.6 cm³/mol. The third-order valence-electron chi connectivity index (χ3n) is 3.34. The topological polar surface area (TPSA) is 38.1 Å². The van der Waals surface area contributed by atoms with Gasteiger partial charge in [-0.05, 0) is 40.2 Å². The molecule has 1 aliphatic heterocycles. The molecule has 1 saturated heterocycles. The number of hydrogen-bond donors (Lipinski definition) is 0. The molecule has 1 unspecified atom stereocenters. The van der Waals surface area contributed by atoms with Crippen LogP contribution in [0, 0.1) is 18.3 Å². The molecule has 0 N–H and O–H groups in total. The predicted octanol–water partition coefficient (Wildman–Crippen LogP) is 2.62. The van der Waals surface area contributed by atoms with Crippen LogP contribution in [0.1, 0.15) is 6.42 Å². The summed E-state index contributed by atoms with van der Waals surface area (Å²) in [6.07, 6.45) is 9.44. The summed E-state index contributed by atoms with van der Waals surface area (Å²) < 4.78 is 2.69. The van der Waals surface area contributed by atoms with Gasteiger partial charge in [0.05, 0.1) is 16.4 Å². The van der Waals surface area contributed by atoms with Crippen LogP contribution in [0.5, 0.6) is 0 Å². The highest BCUT2D eigenvalue weighted by molar-refractivity contribution is 9.10. The number of amides is 1. The number of carbonyl (C=O) groups excluding carboxylic acids is 1. The molecule has 0 aliphatic carbocycles. The van der Waals surface area contributed by atoms with Gasteiger partial charge < -0.3 is 4.90 Å². The van der Waals surface area contributed by atoms with E-state index in [-0.39, 0.29) is 11.8 Å². The summed E-state index contributed by atoms with van der Waals surface area (Å²) in [6.45, 7) is 0.599. The summed E-state index contributed by atoms with van der Waals surface area (Å²) in [7, 11) is 0. The second kappa shape index (κ2) is 5.14. The third kappa shape index (κ3) is 2.35. The molecule has 1 aromatic carbocycles. The zero-order valence-corrected chi connectivity index (χ0v) is 12.2. The van der Waals surface area contributed by atoms with E-state index in [0.717, 1.165) is 15.8 Å². The Morgan fingerprint density at radius 3 is 2.55 bits per heavy atom. The summed E-state index contributed by atoms with van der Waals surface area (Å²) in [6, 6.07) is 7.71. The molecule has 0 spiro atoms. The van der Waals surface area contributed by atoms with Crippen molar-refractivity contribution >= 4 is 27.5 Å². The highest BCUT2D eigenvalue weighted by atomic mass is 79.9. The molecule has 1 aromatic heterocycles. The van der Waals surface area contributed by atoms with E-state index in [2.05, 4.69) is 26.9 Å². The average Bonchev–Trinajstić information content (AvgIpc) is 3.05. The van der Waals surface area contributed by atoms with Gasteiger partial charge in [0.15, 0.2) is 0 Å². The molecular weight excluding hydrogens is 318 g/mol. The molecular formula is C15H12BrN3O. The van der Waals surface area contributed by atoms with E-state index in [0.29, 0.717) is 13.0 Å². The van der Waals surface area contributed by atoms with Crippen molar-refractivity contribution in [1.29, 1.82) is 0 Å². The molecule has 1 atom stereocenters. The summed E-state index contributed by atoms with van der Waals surface area (Å²) in [5.41, 5.74) is 1.82. The Kier molecular flexibility index (Phi) is 3.33. The van der Waals surface area contributed by atoms with E-state index in [1.807, 2.05) is 30.5 Å². The summed E-state index contributed by atoms with van der Waals surface area (Å²) in [5, 5.41) is 4.22. The molecule has 100 valence electrons. The van der Waals surface area contributed by atoms with E-state index < -0.39 is 0 Å². The second-order valence-electron chi connectivity index (χ2n) is 4.69. The van der Waals surface area contributed by atoms with Crippen LogP contribution in [0.25, 0.3) is 5.69 Å². The van der Waals surface area contributed by atoms with Gasteiger partial charge in [0.25, 0.3) is 0 Å². The van der Waals surface area contributed by atoms with Crippen LogP contribution in [-0.2, 0) is 4.79 Å². The number of anilines is 1. The van der Waals surface area contributed by atoms with Gasteiger partial charge in [-0.15, -0.1) is 12.3 Å². The number of nitrogens with zero attached hydrogens (tertiary/aromatic N) is 3. The van der Waals surface area contributed by atoms with Gasteiger partial charge in [0.1, 0.15) is 0 Å². The first-order valence-electron chi connectivity index (χ1n) is 6.24. The molecule has 0 saturated carbocycles. The monoisotopic (exact) mass is 329 g/mol. The lowest BCUT2D eigenvalue weighted by atomic mass is 10.1. The first kappa shape index (κ1) is 12.9. The maximum Gasteiger partial charge on any atom is 0.228 e. The molecule has 3 rings (SSSR count). The summed E-state index contributed by atoms with van der Waals surface area (Å²) in [5.74, 6) is 2.76. The first-order chi connectivity index (χ1) is 9.67. The van der Waals surface area contributed by atoms with Crippen LogP contribution in [0.15, 0.2) is 41.1 Å². The molecule has 1 aliphatic rings. The fourth-order valence-electron chi connectivity index (χ4n) is 2.30. The van der Waals surface area contributed by atoms with E-state index >= 15 is 0 Å². The Hall–Kier alpha value is -2.06. The molecule has 4 nitrogen and oxygen atoms in total. The number of rotatable bonds is 2.